The summed E-state index contributed by atoms with van der Waals surface area (Å²) in [6, 6.07) is 4.17. The topological polar surface area (TPSA) is 67.8 Å². The lowest BCUT2D eigenvalue weighted by Gasteiger charge is -2.11. The molecule has 1 saturated heterocycles. The number of nitrogens with one attached hydrogen (secondary N) is 2. The summed E-state index contributed by atoms with van der Waals surface area (Å²) < 4.78 is 11.1. The molecule has 2 rings (SSSR count). The third kappa shape index (κ3) is 8.31. The van der Waals surface area contributed by atoms with Gasteiger partial charge in [-0.2, -0.15) is 0 Å². The van der Waals surface area contributed by atoms with E-state index < -0.39 is 0 Å². The highest BCUT2D eigenvalue weighted by Crippen LogP contribution is 2.12. The number of guanidine groups is 1. The monoisotopic (exact) mass is 348 g/mol. The molecule has 1 aromatic heterocycles. The number of nitrogens with zero attached hydrogens (tertiary/aromatic N) is 2. The van der Waals surface area contributed by atoms with Crippen LogP contribution in [0.1, 0.15) is 31.0 Å². The van der Waals surface area contributed by atoms with E-state index in [0.29, 0.717) is 5.92 Å². The van der Waals surface area contributed by atoms with Gasteiger partial charge in [0, 0.05) is 50.7 Å². The first-order chi connectivity index (χ1) is 12.3. The predicted octanol–water partition coefficient (Wildman–Crippen LogP) is 1.93. The molecule has 1 fully saturated rings. The Bertz CT molecular complexity index is 499. The number of aromatic nitrogens is 1. The molecule has 6 nitrogen and oxygen atoms in total. The second-order valence-electron chi connectivity index (χ2n) is 6.40. The molecule has 0 radical (unpaired) electrons. The van der Waals surface area contributed by atoms with Crippen LogP contribution in [0.5, 0.6) is 0 Å². The van der Waals surface area contributed by atoms with Crippen LogP contribution in [-0.2, 0) is 15.9 Å². The van der Waals surface area contributed by atoms with Gasteiger partial charge in [-0.25, -0.2) is 0 Å². The summed E-state index contributed by atoms with van der Waals surface area (Å²) in [4.78, 5) is 8.93. The average Bonchev–Trinajstić information content (AvgIpc) is 3.13. The molecule has 2 heterocycles. The van der Waals surface area contributed by atoms with E-state index in [1.54, 1.807) is 0 Å². The maximum atomic E-state index is 5.71. The lowest BCUT2D eigenvalue weighted by atomic mass is 10.1. The van der Waals surface area contributed by atoms with Gasteiger partial charge in [-0.05, 0) is 44.7 Å². The van der Waals surface area contributed by atoms with Gasteiger partial charge in [0.2, 0.25) is 0 Å². The van der Waals surface area contributed by atoms with Gasteiger partial charge >= 0.3 is 0 Å². The number of rotatable bonds is 10. The van der Waals surface area contributed by atoms with Crippen LogP contribution in [0.4, 0.5) is 0 Å². The van der Waals surface area contributed by atoms with Crippen LogP contribution >= 0.6 is 0 Å². The summed E-state index contributed by atoms with van der Waals surface area (Å²) in [6.07, 6.45) is 4.94. The van der Waals surface area contributed by atoms with Gasteiger partial charge in [0.15, 0.2) is 5.96 Å². The highest BCUT2D eigenvalue weighted by Gasteiger charge is 2.15. The minimum absolute atomic E-state index is 0.582. The van der Waals surface area contributed by atoms with E-state index in [-0.39, 0.29) is 0 Å². The molecule has 0 bridgehead atoms. The van der Waals surface area contributed by atoms with E-state index in [0.717, 1.165) is 77.0 Å². The Hall–Kier alpha value is -1.66. The molecule has 6 heteroatoms. The maximum absolute atomic E-state index is 5.71. The first-order valence-corrected chi connectivity index (χ1v) is 9.37. The minimum Gasteiger partial charge on any atom is -0.381 e. The van der Waals surface area contributed by atoms with Crippen molar-refractivity contribution in [1.82, 2.24) is 15.6 Å². The average molecular weight is 348 g/mol. The van der Waals surface area contributed by atoms with Gasteiger partial charge in [-0.15, -0.1) is 0 Å². The van der Waals surface area contributed by atoms with Crippen molar-refractivity contribution in [3.05, 3.63) is 29.6 Å². The van der Waals surface area contributed by atoms with Crippen LogP contribution < -0.4 is 10.6 Å². The van der Waals surface area contributed by atoms with Crippen LogP contribution in [0, 0.1) is 12.8 Å². The van der Waals surface area contributed by atoms with Crippen LogP contribution in [0.25, 0.3) is 0 Å². The molecule has 1 aliphatic heterocycles. The molecule has 1 aliphatic rings. The number of ether oxygens (including phenoxy) is 2. The zero-order chi connectivity index (χ0) is 17.7. The SMILES string of the molecule is CCNC(=NCCCOCC1CCOC1)NCCc1ccc(C)nc1. The molecule has 25 heavy (non-hydrogen) atoms. The van der Waals surface area contributed by atoms with E-state index in [4.69, 9.17) is 9.47 Å². The highest BCUT2D eigenvalue weighted by atomic mass is 16.5. The summed E-state index contributed by atoms with van der Waals surface area (Å²) in [5.74, 6) is 1.45. The fourth-order valence-corrected chi connectivity index (χ4v) is 2.64. The zero-order valence-corrected chi connectivity index (χ0v) is 15.6. The van der Waals surface area contributed by atoms with Crippen molar-refractivity contribution in [2.24, 2.45) is 10.9 Å². The van der Waals surface area contributed by atoms with Crippen molar-refractivity contribution in [2.75, 3.05) is 46.1 Å². The van der Waals surface area contributed by atoms with E-state index >= 15 is 0 Å². The van der Waals surface area contributed by atoms with Crippen molar-refractivity contribution in [3.8, 4) is 0 Å². The lowest BCUT2D eigenvalue weighted by molar-refractivity contribution is 0.0893. The van der Waals surface area contributed by atoms with Gasteiger partial charge in [0.05, 0.1) is 13.2 Å². The molecule has 0 spiro atoms. The fourth-order valence-electron chi connectivity index (χ4n) is 2.64. The zero-order valence-electron chi connectivity index (χ0n) is 15.6. The Morgan fingerprint density at radius 2 is 2.32 bits per heavy atom. The quantitative estimate of drug-likeness (QED) is 0.384. The number of hydrogen-bond acceptors (Lipinski definition) is 4. The molecule has 1 atom stereocenters. The Kier molecular flexibility index (Phi) is 9.29. The van der Waals surface area contributed by atoms with Gasteiger partial charge in [0.25, 0.3) is 0 Å². The van der Waals surface area contributed by atoms with Gasteiger partial charge in [-0.1, -0.05) is 6.07 Å². The van der Waals surface area contributed by atoms with Gasteiger partial charge in [-0.3, -0.25) is 9.98 Å². The Morgan fingerprint density at radius 3 is 3.04 bits per heavy atom. The molecule has 0 aromatic carbocycles. The molecule has 0 saturated carbocycles. The summed E-state index contributed by atoms with van der Waals surface area (Å²) in [5.41, 5.74) is 2.28. The summed E-state index contributed by atoms with van der Waals surface area (Å²) in [6.45, 7) is 9.85. The van der Waals surface area contributed by atoms with E-state index in [1.165, 1.54) is 5.56 Å². The molecule has 1 unspecified atom stereocenters. The normalized spacial score (nSPS) is 17.7. The first-order valence-electron chi connectivity index (χ1n) is 9.37. The molecule has 1 aromatic rings. The smallest absolute Gasteiger partial charge is 0.191 e. The molecule has 140 valence electrons. The van der Waals surface area contributed by atoms with Gasteiger partial charge < -0.3 is 20.1 Å². The molecular weight excluding hydrogens is 316 g/mol. The van der Waals surface area contributed by atoms with E-state index in [9.17, 15) is 0 Å². The van der Waals surface area contributed by atoms with Crippen molar-refractivity contribution in [3.63, 3.8) is 0 Å². The van der Waals surface area contributed by atoms with Crippen LogP contribution in [-0.4, -0.2) is 57.0 Å². The lowest BCUT2D eigenvalue weighted by Crippen LogP contribution is -2.38. The van der Waals surface area contributed by atoms with Gasteiger partial charge in [0.1, 0.15) is 0 Å². The second-order valence-corrected chi connectivity index (χ2v) is 6.40. The minimum atomic E-state index is 0.582. The summed E-state index contributed by atoms with van der Waals surface area (Å²) in [7, 11) is 0. The van der Waals surface area contributed by atoms with Crippen molar-refractivity contribution in [1.29, 1.82) is 0 Å². The van der Waals surface area contributed by atoms with Crippen LogP contribution in [0.15, 0.2) is 23.3 Å². The maximum Gasteiger partial charge on any atom is 0.191 e. The number of hydrogen-bond donors (Lipinski definition) is 2. The highest BCUT2D eigenvalue weighted by molar-refractivity contribution is 5.79. The second kappa shape index (κ2) is 11.8. The van der Waals surface area contributed by atoms with Crippen molar-refractivity contribution < 1.29 is 9.47 Å². The third-order valence-corrected chi connectivity index (χ3v) is 4.12. The first kappa shape index (κ1) is 19.7. The Labute approximate surface area is 151 Å². The molecule has 0 amide bonds. The number of aryl methyl sites for hydroxylation is 1. The van der Waals surface area contributed by atoms with Crippen molar-refractivity contribution in [2.45, 2.75) is 33.1 Å². The largest absolute Gasteiger partial charge is 0.381 e. The van der Waals surface area contributed by atoms with Crippen LogP contribution in [0.2, 0.25) is 0 Å². The summed E-state index contributed by atoms with van der Waals surface area (Å²) in [5, 5.41) is 6.65. The summed E-state index contributed by atoms with van der Waals surface area (Å²) >= 11 is 0. The Morgan fingerprint density at radius 1 is 1.40 bits per heavy atom. The van der Waals surface area contributed by atoms with Crippen LogP contribution in [0.3, 0.4) is 0 Å². The Balaban J connectivity index is 1.59. The molecule has 0 aliphatic carbocycles. The van der Waals surface area contributed by atoms with Crippen molar-refractivity contribution >= 4 is 5.96 Å². The third-order valence-electron chi connectivity index (χ3n) is 4.12. The number of pyridine rings is 1. The molecular formula is C19H32N4O2. The van der Waals surface area contributed by atoms with E-state index in [2.05, 4.69) is 33.6 Å². The standard InChI is InChI=1S/C19H32N4O2/c1-3-20-19(22-10-7-17-6-5-16(2)23-13-17)21-9-4-11-24-14-18-8-12-25-15-18/h5-6,13,18H,3-4,7-12,14-15H2,1-2H3,(H2,20,21,22). The fraction of sp³-hybridized carbons (Fsp3) is 0.684. The predicted molar refractivity (Wildman–Crippen MR) is 101 cm³/mol. The number of aliphatic imine (C=N–C) groups is 1. The molecule has 2 N–H and O–H groups in total. The van der Waals surface area contributed by atoms with E-state index in [1.807, 2.05) is 19.2 Å².